The first-order chi connectivity index (χ1) is 15.0. The second kappa shape index (κ2) is 9.01. The average molecular weight is 435 g/mol. The molecule has 3 N–H and O–H groups in total. The van der Waals surface area contributed by atoms with Gasteiger partial charge in [0.25, 0.3) is 0 Å². The molecule has 0 unspecified atom stereocenters. The maximum atomic E-state index is 12.5. The topological polar surface area (TPSA) is 96.1 Å². The second-order valence-corrected chi connectivity index (χ2v) is 8.25. The largest absolute Gasteiger partial charge is 0.497 e. The molecule has 2 aromatic carbocycles. The number of aromatic nitrogens is 2. The summed E-state index contributed by atoms with van der Waals surface area (Å²) in [6.45, 7) is 1.98. The van der Waals surface area contributed by atoms with Gasteiger partial charge in [0.2, 0.25) is 11.8 Å². The van der Waals surface area contributed by atoms with E-state index in [-0.39, 0.29) is 24.7 Å². The molecule has 4 rings (SSSR count). The van der Waals surface area contributed by atoms with Crippen LogP contribution in [0, 0.1) is 6.92 Å². The monoisotopic (exact) mass is 434 g/mol. The van der Waals surface area contributed by atoms with Crippen LogP contribution in [0.3, 0.4) is 0 Å². The number of H-pyrrole nitrogens is 1. The molecule has 0 aliphatic carbocycles. The van der Waals surface area contributed by atoms with Crippen molar-refractivity contribution in [2.75, 3.05) is 17.7 Å². The Balaban J connectivity index is 1.41. The van der Waals surface area contributed by atoms with Gasteiger partial charge in [-0.3, -0.25) is 14.7 Å². The number of aromatic amines is 1. The Bertz CT molecular complexity index is 1240. The third-order valence-corrected chi connectivity index (χ3v) is 5.90. The highest BCUT2D eigenvalue weighted by atomic mass is 32.1. The van der Waals surface area contributed by atoms with E-state index in [1.54, 1.807) is 13.2 Å². The van der Waals surface area contributed by atoms with E-state index in [2.05, 4.69) is 20.8 Å². The SMILES string of the molecule is COc1cccc(NC(=O)Cc2cc3c(NC(=O)Cc4ccccc4C)[nH]nc3s2)c1. The summed E-state index contributed by atoms with van der Waals surface area (Å²) in [5.41, 5.74) is 2.73. The molecule has 0 atom stereocenters. The van der Waals surface area contributed by atoms with Gasteiger partial charge < -0.3 is 15.4 Å². The van der Waals surface area contributed by atoms with Crippen molar-refractivity contribution in [1.82, 2.24) is 10.2 Å². The van der Waals surface area contributed by atoms with Crippen molar-refractivity contribution in [1.29, 1.82) is 0 Å². The fraction of sp³-hybridized carbons (Fsp3) is 0.174. The first-order valence-corrected chi connectivity index (χ1v) is 10.6. The van der Waals surface area contributed by atoms with E-state index in [0.717, 1.165) is 26.2 Å². The summed E-state index contributed by atoms with van der Waals surface area (Å²) < 4.78 is 5.18. The lowest BCUT2D eigenvalue weighted by atomic mass is 10.1. The van der Waals surface area contributed by atoms with Gasteiger partial charge in [0.05, 0.1) is 25.3 Å². The van der Waals surface area contributed by atoms with E-state index < -0.39 is 0 Å². The third kappa shape index (κ3) is 4.92. The van der Waals surface area contributed by atoms with E-state index in [1.807, 2.05) is 55.5 Å². The average Bonchev–Trinajstić information content (AvgIpc) is 3.31. The van der Waals surface area contributed by atoms with Crippen molar-refractivity contribution in [3.63, 3.8) is 0 Å². The molecule has 2 aromatic heterocycles. The summed E-state index contributed by atoms with van der Waals surface area (Å²) in [6.07, 6.45) is 0.502. The van der Waals surface area contributed by atoms with Crippen molar-refractivity contribution in [2.24, 2.45) is 0 Å². The lowest BCUT2D eigenvalue weighted by Crippen LogP contribution is -2.15. The smallest absolute Gasteiger partial charge is 0.229 e. The van der Waals surface area contributed by atoms with E-state index in [1.165, 1.54) is 11.3 Å². The maximum absolute atomic E-state index is 12.5. The molecule has 31 heavy (non-hydrogen) atoms. The lowest BCUT2D eigenvalue weighted by Gasteiger charge is -2.06. The molecule has 0 bridgehead atoms. The molecule has 0 spiro atoms. The van der Waals surface area contributed by atoms with E-state index in [9.17, 15) is 9.59 Å². The molecule has 2 heterocycles. The number of anilines is 2. The van der Waals surface area contributed by atoms with Crippen molar-refractivity contribution >= 4 is 44.9 Å². The van der Waals surface area contributed by atoms with Gasteiger partial charge in [-0.2, -0.15) is 5.10 Å². The summed E-state index contributed by atoms with van der Waals surface area (Å²) >= 11 is 1.42. The second-order valence-electron chi connectivity index (χ2n) is 7.14. The number of carbonyl (C=O) groups excluding carboxylic acids is 2. The first-order valence-electron chi connectivity index (χ1n) is 9.77. The number of benzene rings is 2. The third-order valence-electron chi connectivity index (χ3n) is 4.87. The van der Waals surface area contributed by atoms with Crippen LogP contribution >= 0.6 is 11.3 Å². The molecular weight excluding hydrogens is 412 g/mol. The molecular formula is C23H22N4O3S. The van der Waals surface area contributed by atoms with Gasteiger partial charge in [-0.1, -0.05) is 30.3 Å². The molecule has 4 aromatic rings. The number of hydrogen-bond acceptors (Lipinski definition) is 5. The summed E-state index contributed by atoms with van der Waals surface area (Å²) in [4.78, 5) is 26.5. The number of hydrogen-bond donors (Lipinski definition) is 3. The Hall–Kier alpha value is -3.65. The summed E-state index contributed by atoms with van der Waals surface area (Å²) in [7, 11) is 1.58. The maximum Gasteiger partial charge on any atom is 0.229 e. The molecule has 2 amide bonds. The van der Waals surface area contributed by atoms with Crippen molar-refractivity contribution in [2.45, 2.75) is 19.8 Å². The summed E-state index contributed by atoms with van der Waals surface area (Å²) in [6, 6.07) is 16.9. The van der Waals surface area contributed by atoms with Crippen molar-refractivity contribution < 1.29 is 14.3 Å². The molecule has 0 fully saturated rings. The van der Waals surface area contributed by atoms with Crippen LogP contribution in [0.5, 0.6) is 5.75 Å². The number of methoxy groups -OCH3 is 1. The summed E-state index contributed by atoms with van der Waals surface area (Å²) in [5, 5.41) is 13.7. The normalized spacial score (nSPS) is 10.8. The minimum Gasteiger partial charge on any atom is -0.497 e. The Morgan fingerprint density at radius 1 is 1.03 bits per heavy atom. The van der Waals surface area contributed by atoms with Gasteiger partial charge in [-0.05, 0) is 36.2 Å². The number of thiophene rings is 1. The molecule has 7 nitrogen and oxygen atoms in total. The van der Waals surface area contributed by atoms with Gasteiger partial charge in [0.1, 0.15) is 16.4 Å². The standard InChI is InChI=1S/C23H22N4O3S/c1-14-6-3-4-7-15(14)10-20(28)25-22-19-12-18(31-23(19)27-26-22)13-21(29)24-16-8-5-9-17(11-16)30-2/h3-9,11-12H,10,13H2,1-2H3,(H,24,29)(H2,25,26,27,28). The first kappa shape index (κ1) is 20.6. The number of aryl methyl sites for hydroxylation is 1. The highest BCUT2D eigenvalue weighted by molar-refractivity contribution is 7.18. The van der Waals surface area contributed by atoms with E-state index in [4.69, 9.17) is 4.74 Å². The fourth-order valence-electron chi connectivity index (χ4n) is 3.27. The molecule has 8 heteroatoms. The Morgan fingerprint density at radius 2 is 1.84 bits per heavy atom. The van der Waals surface area contributed by atoms with Gasteiger partial charge in [-0.15, -0.1) is 11.3 Å². The Kier molecular flexibility index (Phi) is 5.99. The Labute approximate surface area is 183 Å². The van der Waals surface area contributed by atoms with Crippen LogP contribution in [0.25, 0.3) is 10.2 Å². The van der Waals surface area contributed by atoms with Crippen LogP contribution in [-0.2, 0) is 22.4 Å². The Morgan fingerprint density at radius 3 is 2.65 bits per heavy atom. The minimum atomic E-state index is -0.133. The number of carbonyl (C=O) groups is 2. The number of nitrogens with zero attached hydrogens (tertiary/aromatic N) is 1. The predicted molar refractivity (Wildman–Crippen MR) is 123 cm³/mol. The van der Waals surface area contributed by atoms with Crippen molar-refractivity contribution in [3.05, 3.63) is 70.6 Å². The van der Waals surface area contributed by atoms with Crippen LogP contribution in [0.4, 0.5) is 11.5 Å². The van der Waals surface area contributed by atoms with Crippen LogP contribution in [0.2, 0.25) is 0 Å². The number of rotatable bonds is 7. The minimum absolute atomic E-state index is 0.122. The predicted octanol–water partition coefficient (Wildman–Crippen LogP) is 4.30. The van der Waals surface area contributed by atoms with Crippen LogP contribution in [-0.4, -0.2) is 29.1 Å². The zero-order valence-corrected chi connectivity index (χ0v) is 18.0. The molecule has 0 radical (unpaired) electrons. The van der Waals surface area contributed by atoms with Crippen LogP contribution < -0.4 is 15.4 Å². The zero-order chi connectivity index (χ0) is 21.8. The number of ether oxygens (including phenoxy) is 1. The van der Waals surface area contributed by atoms with Crippen LogP contribution in [0.1, 0.15) is 16.0 Å². The number of nitrogens with one attached hydrogen (secondary N) is 3. The van der Waals surface area contributed by atoms with Gasteiger partial charge >= 0.3 is 0 Å². The zero-order valence-electron chi connectivity index (χ0n) is 17.2. The van der Waals surface area contributed by atoms with Crippen LogP contribution in [0.15, 0.2) is 54.6 Å². The highest BCUT2D eigenvalue weighted by Gasteiger charge is 2.15. The highest BCUT2D eigenvalue weighted by Crippen LogP contribution is 2.30. The molecule has 0 saturated heterocycles. The van der Waals surface area contributed by atoms with Gasteiger partial charge in [-0.25, -0.2) is 0 Å². The molecule has 0 saturated carbocycles. The number of fused-ring (bicyclic) bond motifs is 1. The molecule has 0 aliphatic heterocycles. The quantitative estimate of drug-likeness (QED) is 0.404. The lowest BCUT2D eigenvalue weighted by molar-refractivity contribution is -0.116. The molecule has 158 valence electrons. The van der Waals surface area contributed by atoms with Gasteiger partial charge in [0.15, 0.2) is 0 Å². The van der Waals surface area contributed by atoms with Crippen molar-refractivity contribution in [3.8, 4) is 5.75 Å². The van der Waals surface area contributed by atoms with Gasteiger partial charge in [0, 0.05) is 16.6 Å². The van der Waals surface area contributed by atoms with E-state index >= 15 is 0 Å². The van der Waals surface area contributed by atoms with E-state index in [0.29, 0.717) is 17.3 Å². The number of amides is 2. The molecule has 0 aliphatic rings. The summed E-state index contributed by atoms with van der Waals surface area (Å²) in [5.74, 6) is 0.970. The fourth-order valence-corrected chi connectivity index (χ4v) is 4.26.